The number of benzene rings is 10. The molecule has 0 aliphatic heterocycles. The van der Waals surface area contributed by atoms with Gasteiger partial charge in [-0.15, -0.1) is 11.3 Å². The second-order valence-corrected chi connectivity index (χ2v) is 20.9. The Balaban J connectivity index is 0.965. The molecule has 0 saturated heterocycles. The summed E-state index contributed by atoms with van der Waals surface area (Å²) in [6.07, 6.45) is 8.16. The summed E-state index contributed by atoms with van der Waals surface area (Å²) in [7, 11) is 0. The second kappa shape index (κ2) is 15.2. The van der Waals surface area contributed by atoms with E-state index in [1.807, 2.05) is 11.3 Å². The number of aromatic nitrogens is 1. The fourth-order valence-electron chi connectivity index (χ4n) is 12.7. The lowest BCUT2D eigenvalue weighted by molar-refractivity contribution is 0.595. The highest BCUT2D eigenvalue weighted by Gasteiger charge is 2.52. The van der Waals surface area contributed by atoms with Crippen LogP contribution in [0.25, 0.3) is 81.0 Å². The summed E-state index contributed by atoms with van der Waals surface area (Å²) >= 11 is 1.87. The molecule has 1 unspecified atom stereocenters. The van der Waals surface area contributed by atoms with E-state index >= 15 is 0 Å². The SMILES string of the molecule is CC1(c2ccccc2)C=CC(N(c2ccc3c4cc(-c5ccc6sc7ccccc7c6c5)ccc4n(-c4ccccc4)c3c2)c2cccc3c2-c2ccccc2C32c3ccccc3-c3ccccc32)=CC1. The van der Waals surface area contributed by atoms with Crippen LogP contribution in [0.2, 0.25) is 0 Å². The molecule has 1 spiro atoms. The molecular formula is C68H46N2S. The first kappa shape index (κ1) is 40.4. The lowest BCUT2D eigenvalue weighted by Gasteiger charge is -2.35. The number of allylic oxidation sites excluding steroid dienone is 3. The number of nitrogens with zero attached hydrogens (tertiary/aromatic N) is 2. The summed E-state index contributed by atoms with van der Waals surface area (Å²) in [5, 5.41) is 5.10. The quantitative estimate of drug-likeness (QED) is 0.161. The lowest BCUT2D eigenvalue weighted by Crippen LogP contribution is -2.26. The van der Waals surface area contributed by atoms with Gasteiger partial charge >= 0.3 is 0 Å². The van der Waals surface area contributed by atoms with Crippen molar-refractivity contribution in [3.63, 3.8) is 0 Å². The highest BCUT2D eigenvalue weighted by Crippen LogP contribution is 2.64. The molecule has 12 aromatic rings. The van der Waals surface area contributed by atoms with Crippen LogP contribution in [0, 0.1) is 0 Å². The van der Waals surface area contributed by atoms with Gasteiger partial charge in [-0.1, -0.05) is 189 Å². The van der Waals surface area contributed by atoms with Gasteiger partial charge < -0.3 is 9.47 Å². The van der Waals surface area contributed by atoms with E-state index in [1.165, 1.54) is 109 Å². The Bertz CT molecular complexity index is 4180. The van der Waals surface area contributed by atoms with E-state index in [0.717, 1.165) is 23.5 Å². The molecule has 1 atom stereocenters. The molecule has 10 aromatic carbocycles. The van der Waals surface area contributed by atoms with Gasteiger partial charge in [0, 0.05) is 59.0 Å². The Hall–Kier alpha value is -8.50. The van der Waals surface area contributed by atoms with Crippen LogP contribution in [-0.4, -0.2) is 4.57 Å². The van der Waals surface area contributed by atoms with Gasteiger partial charge in [0.1, 0.15) is 0 Å². The van der Waals surface area contributed by atoms with Crippen LogP contribution in [0.3, 0.4) is 0 Å². The first-order chi connectivity index (χ1) is 35.1. The van der Waals surface area contributed by atoms with E-state index in [2.05, 4.69) is 265 Å². The Morgan fingerprint density at radius 1 is 0.465 bits per heavy atom. The maximum Gasteiger partial charge on any atom is 0.0726 e. The monoisotopic (exact) mass is 922 g/mol. The molecule has 71 heavy (non-hydrogen) atoms. The van der Waals surface area contributed by atoms with Crippen molar-refractivity contribution < 1.29 is 0 Å². The van der Waals surface area contributed by atoms with E-state index in [0.29, 0.717) is 0 Å². The van der Waals surface area contributed by atoms with Gasteiger partial charge in [-0.05, 0) is 129 Å². The van der Waals surface area contributed by atoms with Crippen LogP contribution in [-0.2, 0) is 10.8 Å². The number of thiophene rings is 1. The zero-order chi connectivity index (χ0) is 46.8. The Labute approximate surface area is 417 Å². The molecule has 2 nitrogen and oxygen atoms in total. The molecule has 3 aliphatic carbocycles. The van der Waals surface area contributed by atoms with E-state index in [4.69, 9.17) is 0 Å². The van der Waals surface area contributed by atoms with Crippen LogP contribution in [0.4, 0.5) is 11.4 Å². The van der Waals surface area contributed by atoms with Crippen molar-refractivity contribution in [2.45, 2.75) is 24.2 Å². The highest BCUT2D eigenvalue weighted by atomic mass is 32.1. The Kier molecular flexibility index (Phi) is 8.68. The van der Waals surface area contributed by atoms with Gasteiger partial charge in [0.15, 0.2) is 0 Å². The van der Waals surface area contributed by atoms with Crippen LogP contribution in [0.1, 0.15) is 41.2 Å². The van der Waals surface area contributed by atoms with Crippen LogP contribution < -0.4 is 4.90 Å². The molecule has 0 radical (unpaired) electrons. The van der Waals surface area contributed by atoms with Gasteiger partial charge in [-0.2, -0.15) is 0 Å². The summed E-state index contributed by atoms with van der Waals surface area (Å²) < 4.78 is 5.12. The lowest BCUT2D eigenvalue weighted by atomic mass is 9.70. The minimum Gasteiger partial charge on any atom is -0.310 e. The third-order valence-electron chi connectivity index (χ3n) is 16.0. The van der Waals surface area contributed by atoms with E-state index < -0.39 is 5.41 Å². The smallest absolute Gasteiger partial charge is 0.0726 e. The number of hydrogen-bond donors (Lipinski definition) is 0. The van der Waals surface area contributed by atoms with E-state index in [9.17, 15) is 0 Å². The molecule has 0 bridgehead atoms. The van der Waals surface area contributed by atoms with Crippen molar-refractivity contribution in [2.75, 3.05) is 4.90 Å². The predicted octanol–water partition coefficient (Wildman–Crippen LogP) is 18.1. The van der Waals surface area contributed by atoms with Crippen LogP contribution in [0.15, 0.2) is 254 Å². The Morgan fingerprint density at radius 2 is 1.08 bits per heavy atom. The van der Waals surface area contributed by atoms with E-state index in [-0.39, 0.29) is 5.41 Å². The van der Waals surface area contributed by atoms with Gasteiger partial charge in [0.25, 0.3) is 0 Å². The summed E-state index contributed by atoms with van der Waals surface area (Å²) in [4.78, 5) is 2.56. The maximum atomic E-state index is 2.56. The topological polar surface area (TPSA) is 8.17 Å². The fraction of sp³-hybridized carbons (Fsp3) is 0.0588. The van der Waals surface area contributed by atoms with Crippen molar-refractivity contribution in [1.82, 2.24) is 4.57 Å². The predicted molar refractivity (Wildman–Crippen MR) is 300 cm³/mol. The molecule has 2 heterocycles. The zero-order valence-corrected chi connectivity index (χ0v) is 40.0. The summed E-state index contributed by atoms with van der Waals surface area (Å²) in [5.74, 6) is 0. The fourth-order valence-corrected chi connectivity index (χ4v) is 13.8. The molecule has 0 N–H and O–H groups in total. The van der Waals surface area contributed by atoms with Gasteiger partial charge in [-0.25, -0.2) is 0 Å². The number of anilines is 2. The van der Waals surface area contributed by atoms with Crippen molar-refractivity contribution in [1.29, 1.82) is 0 Å². The van der Waals surface area contributed by atoms with Gasteiger partial charge in [0.05, 0.1) is 22.1 Å². The number of rotatable bonds is 6. The molecule has 3 heteroatoms. The molecule has 3 aliphatic rings. The number of hydrogen-bond acceptors (Lipinski definition) is 2. The maximum absolute atomic E-state index is 2.56. The van der Waals surface area contributed by atoms with Crippen molar-refractivity contribution in [2.24, 2.45) is 0 Å². The molecule has 0 amide bonds. The third-order valence-corrected chi connectivity index (χ3v) is 17.2. The van der Waals surface area contributed by atoms with Crippen LogP contribution in [0.5, 0.6) is 0 Å². The minimum absolute atomic E-state index is 0.133. The molecular weight excluding hydrogens is 877 g/mol. The first-order valence-electron chi connectivity index (χ1n) is 24.8. The average Bonchev–Trinajstić information content (AvgIpc) is 4.15. The number of fused-ring (bicyclic) bond motifs is 16. The molecule has 0 fully saturated rings. The van der Waals surface area contributed by atoms with Crippen LogP contribution >= 0.6 is 11.3 Å². The molecule has 334 valence electrons. The summed E-state index contributed by atoms with van der Waals surface area (Å²) in [6, 6.07) is 86.3. The summed E-state index contributed by atoms with van der Waals surface area (Å²) in [6.45, 7) is 2.37. The average molecular weight is 923 g/mol. The molecule has 15 rings (SSSR count). The molecule has 0 saturated carbocycles. The minimum atomic E-state index is -0.452. The third kappa shape index (κ3) is 5.76. The van der Waals surface area contributed by atoms with Gasteiger partial charge in [-0.3, -0.25) is 0 Å². The van der Waals surface area contributed by atoms with E-state index in [1.54, 1.807) is 0 Å². The molecule has 2 aromatic heterocycles. The van der Waals surface area contributed by atoms with Crippen molar-refractivity contribution >= 4 is 64.7 Å². The van der Waals surface area contributed by atoms with Crippen molar-refractivity contribution in [3.05, 3.63) is 282 Å². The highest BCUT2D eigenvalue weighted by molar-refractivity contribution is 7.25. The normalized spacial score (nSPS) is 16.1. The summed E-state index contributed by atoms with van der Waals surface area (Å²) in [5.41, 5.74) is 20.7. The van der Waals surface area contributed by atoms with Gasteiger partial charge in [0.2, 0.25) is 0 Å². The Morgan fingerprint density at radius 3 is 1.83 bits per heavy atom. The largest absolute Gasteiger partial charge is 0.310 e. The second-order valence-electron chi connectivity index (χ2n) is 19.8. The number of para-hydroxylation sites is 1. The first-order valence-corrected chi connectivity index (χ1v) is 25.6. The zero-order valence-electron chi connectivity index (χ0n) is 39.2. The van der Waals surface area contributed by atoms with Crippen molar-refractivity contribution in [3.8, 4) is 39.1 Å². The standard InChI is InChI=1S/C68H46N2S/c1-67(46-17-4-2-5-18-46)39-37-48(38-40-67)69(62-29-16-28-60-66(62)54-24-10-14-27-59(54)68(60)57-25-12-8-21-50(57)51-22-9-13-26-58(51)68)49-33-34-52-55-41-44(31-35-61(55)70(63(52)43-49)47-19-6-3-7-20-47)45-32-36-65-56(42-45)53-23-11-15-30-64(53)71-65/h2-39,41-43H,40H2,1H3.